The number of carbonyl (C=O) groups excluding carboxylic acids is 2. The Morgan fingerprint density at radius 3 is 2.48 bits per heavy atom. The molecule has 0 aliphatic carbocycles. The van der Waals surface area contributed by atoms with Gasteiger partial charge in [0.2, 0.25) is 5.95 Å². The highest BCUT2D eigenvalue weighted by atomic mass is 16.5. The molecule has 1 heterocycles. The minimum atomic E-state index is -0.512. The van der Waals surface area contributed by atoms with Crippen molar-refractivity contribution >= 4 is 23.5 Å². The number of benzene rings is 2. The first kappa shape index (κ1) is 19.8. The van der Waals surface area contributed by atoms with E-state index in [-0.39, 0.29) is 11.9 Å². The van der Waals surface area contributed by atoms with E-state index < -0.39 is 5.97 Å². The summed E-state index contributed by atoms with van der Waals surface area (Å²) >= 11 is 0. The highest BCUT2D eigenvalue weighted by Gasteiger charge is 2.15. The van der Waals surface area contributed by atoms with E-state index in [1.807, 2.05) is 13.0 Å². The molecule has 1 aromatic heterocycles. The van der Waals surface area contributed by atoms with Crippen molar-refractivity contribution in [1.82, 2.24) is 9.97 Å². The molecule has 29 heavy (non-hydrogen) atoms. The van der Waals surface area contributed by atoms with E-state index in [2.05, 4.69) is 15.3 Å². The average Bonchev–Trinajstić information content (AvgIpc) is 2.72. The Labute approximate surface area is 167 Å². The number of nitrogens with one attached hydrogen (secondary N) is 1. The van der Waals surface area contributed by atoms with Gasteiger partial charge in [0, 0.05) is 16.8 Å². The summed E-state index contributed by atoms with van der Waals surface area (Å²) in [5, 5.41) is 2.77. The van der Waals surface area contributed by atoms with Crippen LogP contribution in [-0.4, -0.2) is 36.1 Å². The zero-order valence-electron chi connectivity index (χ0n) is 16.2. The fraction of sp³-hybridized carbons (Fsp3) is 0.143. The van der Waals surface area contributed by atoms with Crippen molar-refractivity contribution < 1.29 is 19.1 Å². The number of nitrogen functional groups attached to an aromatic ring is 1. The predicted molar refractivity (Wildman–Crippen MR) is 109 cm³/mol. The second-order valence-electron chi connectivity index (χ2n) is 6.19. The van der Waals surface area contributed by atoms with Crippen LogP contribution in [-0.2, 0) is 4.74 Å². The van der Waals surface area contributed by atoms with Gasteiger partial charge in [-0.25, -0.2) is 14.8 Å². The zero-order valence-corrected chi connectivity index (χ0v) is 16.2. The summed E-state index contributed by atoms with van der Waals surface area (Å²) in [7, 11) is 2.77. The van der Waals surface area contributed by atoms with Gasteiger partial charge >= 0.3 is 5.97 Å². The maximum atomic E-state index is 12.8. The molecule has 0 saturated carbocycles. The fourth-order valence-corrected chi connectivity index (χ4v) is 2.80. The molecular weight excluding hydrogens is 372 g/mol. The van der Waals surface area contributed by atoms with Gasteiger partial charge in [0.1, 0.15) is 5.75 Å². The number of hydrogen-bond acceptors (Lipinski definition) is 7. The molecule has 0 aliphatic heterocycles. The number of amides is 1. The van der Waals surface area contributed by atoms with E-state index in [0.29, 0.717) is 28.3 Å². The molecule has 2 aromatic carbocycles. The van der Waals surface area contributed by atoms with Gasteiger partial charge in [-0.15, -0.1) is 0 Å². The minimum Gasteiger partial charge on any atom is -0.495 e. The molecule has 0 fully saturated rings. The molecule has 148 valence electrons. The number of esters is 1. The van der Waals surface area contributed by atoms with E-state index in [1.165, 1.54) is 20.3 Å². The number of hydrogen-bond donors (Lipinski definition) is 2. The molecule has 3 N–H and O–H groups in total. The fourth-order valence-electron chi connectivity index (χ4n) is 2.80. The predicted octanol–water partition coefficient (Wildman–Crippen LogP) is 3.08. The van der Waals surface area contributed by atoms with Crippen molar-refractivity contribution in [1.29, 1.82) is 0 Å². The molecule has 0 saturated heterocycles. The van der Waals surface area contributed by atoms with Crippen molar-refractivity contribution in [2.24, 2.45) is 0 Å². The Morgan fingerprint density at radius 1 is 1.00 bits per heavy atom. The van der Waals surface area contributed by atoms with Gasteiger partial charge in [-0.05, 0) is 43.3 Å². The zero-order chi connectivity index (χ0) is 21.0. The maximum Gasteiger partial charge on any atom is 0.337 e. The number of ether oxygens (including phenoxy) is 2. The van der Waals surface area contributed by atoms with Crippen LogP contribution in [0.2, 0.25) is 0 Å². The summed E-state index contributed by atoms with van der Waals surface area (Å²) in [6.45, 7) is 1.82. The summed E-state index contributed by atoms with van der Waals surface area (Å²) in [6.07, 6.45) is 0. The Morgan fingerprint density at radius 2 is 1.79 bits per heavy atom. The van der Waals surface area contributed by atoms with E-state index in [0.717, 1.165) is 11.3 Å². The van der Waals surface area contributed by atoms with Crippen LogP contribution in [0.25, 0.3) is 11.3 Å². The molecule has 0 radical (unpaired) electrons. The van der Waals surface area contributed by atoms with Crippen LogP contribution in [0.1, 0.15) is 26.4 Å². The Kier molecular flexibility index (Phi) is 5.73. The lowest BCUT2D eigenvalue weighted by Gasteiger charge is -2.12. The van der Waals surface area contributed by atoms with Gasteiger partial charge in [-0.1, -0.05) is 12.1 Å². The normalized spacial score (nSPS) is 10.3. The molecule has 0 atom stereocenters. The first-order valence-electron chi connectivity index (χ1n) is 8.70. The number of carbonyl (C=O) groups is 2. The highest BCUT2D eigenvalue weighted by molar-refractivity contribution is 6.06. The lowest BCUT2D eigenvalue weighted by atomic mass is 10.1. The summed E-state index contributed by atoms with van der Waals surface area (Å²) in [4.78, 5) is 32.9. The molecule has 1 amide bonds. The van der Waals surface area contributed by atoms with Crippen molar-refractivity contribution in [3.05, 3.63) is 65.4 Å². The number of rotatable bonds is 5. The molecule has 3 rings (SSSR count). The third-order valence-corrected chi connectivity index (χ3v) is 4.16. The minimum absolute atomic E-state index is 0.166. The van der Waals surface area contributed by atoms with Crippen LogP contribution >= 0.6 is 0 Å². The molecule has 0 aliphatic rings. The smallest absolute Gasteiger partial charge is 0.337 e. The number of aryl methyl sites for hydroxylation is 1. The second-order valence-corrected chi connectivity index (χ2v) is 6.19. The number of nitrogens with two attached hydrogens (primary N) is 1. The second kappa shape index (κ2) is 8.39. The van der Waals surface area contributed by atoms with Crippen LogP contribution in [0.15, 0.2) is 48.5 Å². The van der Waals surface area contributed by atoms with E-state index >= 15 is 0 Å². The van der Waals surface area contributed by atoms with Gasteiger partial charge in [0.25, 0.3) is 5.91 Å². The summed E-state index contributed by atoms with van der Waals surface area (Å²) < 4.78 is 10.00. The van der Waals surface area contributed by atoms with Crippen LogP contribution in [0.5, 0.6) is 5.75 Å². The van der Waals surface area contributed by atoms with E-state index in [4.69, 9.17) is 15.2 Å². The standard InChI is InChI=1S/C21H20N4O4/c1-12-9-16(25-21(22)23-12)13-5-4-6-14(10-13)19(26)24-17-11-15(20(27)29-3)7-8-18(17)28-2/h4-11H,1-3H3,(H,24,26)(H2,22,23,25). The molecule has 8 nitrogen and oxygen atoms in total. The summed E-state index contributed by atoms with van der Waals surface area (Å²) in [5.41, 5.74) is 8.86. The first-order chi connectivity index (χ1) is 13.9. The van der Waals surface area contributed by atoms with Gasteiger partial charge in [-0.2, -0.15) is 0 Å². The SMILES string of the molecule is COC(=O)c1ccc(OC)c(NC(=O)c2cccc(-c3cc(C)nc(N)n3)c2)c1. The molecule has 8 heteroatoms. The lowest BCUT2D eigenvalue weighted by Crippen LogP contribution is -2.13. The van der Waals surface area contributed by atoms with E-state index in [1.54, 1.807) is 36.4 Å². The molecular formula is C21H20N4O4. The number of aromatic nitrogens is 2. The van der Waals surface area contributed by atoms with E-state index in [9.17, 15) is 9.59 Å². The largest absolute Gasteiger partial charge is 0.495 e. The number of anilines is 2. The summed E-state index contributed by atoms with van der Waals surface area (Å²) in [5.74, 6) is -0.298. The monoisotopic (exact) mass is 392 g/mol. The van der Waals surface area contributed by atoms with Crippen LogP contribution < -0.4 is 15.8 Å². The molecule has 0 spiro atoms. The molecule has 0 bridgehead atoms. The van der Waals surface area contributed by atoms with Crippen molar-refractivity contribution in [2.75, 3.05) is 25.3 Å². The van der Waals surface area contributed by atoms with Crippen LogP contribution in [0, 0.1) is 6.92 Å². The average molecular weight is 392 g/mol. The van der Waals surface area contributed by atoms with Gasteiger partial charge in [0.05, 0.1) is 31.2 Å². The Hall–Kier alpha value is -3.94. The maximum absolute atomic E-state index is 12.8. The third kappa shape index (κ3) is 4.49. The molecule has 0 unspecified atom stereocenters. The lowest BCUT2D eigenvalue weighted by molar-refractivity contribution is 0.0600. The third-order valence-electron chi connectivity index (χ3n) is 4.16. The number of nitrogens with zero attached hydrogens (tertiary/aromatic N) is 2. The highest BCUT2D eigenvalue weighted by Crippen LogP contribution is 2.27. The van der Waals surface area contributed by atoms with Gasteiger partial charge in [0.15, 0.2) is 0 Å². The first-order valence-corrected chi connectivity index (χ1v) is 8.70. The van der Waals surface area contributed by atoms with Crippen LogP contribution in [0.3, 0.4) is 0 Å². The topological polar surface area (TPSA) is 116 Å². The quantitative estimate of drug-likeness (QED) is 0.641. The molecule has 3 aromatic rings. The Balaban J connectivity index is 1.91. The van der Waals surface area contributed by atoms with Crippen LogP contribution in [0.4, 0.5) is 11.6 Å². The van der Waals surface area contributed by atoms with Gasteiger partial charge < -0.3 is 20.5 Å². The summed E-state index contributed by atoms with van der Waals surface area (Å²) in [6, 6.07) is 13.4. The number of methoxy groups -OCH3 is 2. The Bertz CT molecular complexity index is 1060. The van der Waals surface area contributed by atoms with Crippen molar-refractivity contribution in [3.63, 3.8) is 0 Å². The van der Waals surface area contributed by atoms with Gasteiger partial charge in [-0.3, -0.25) is 4.79 Å². The van der Waals surface area contributed by atoms with Crippen molar-refractivity contribution in [2.45, 2.75) is 6.92 Å². The van der Waals surface area contributed by atoms with Crippen molar-refractivity contribution in [3.8, 4) is 17.0 Å².